The summed E-state index contributed by atoms with van der Waals surface area (Å²) in [7, 11) is 3.74. The molecule has 3 aliphatic heterocycles. The highest BCUT2D eigenvalue weighted by Crippen LogP contribution is 2.40. The van der Waals surface area contributed by atoms with Crippen LogP contribution in [0.1, 0.15) is 87.3 Å². The monoisotopic (exact) mass is 824 g/mol. The number of aromatic nitrogens is 1. The number of carbonyl (C=O) groups excluding carboxylic acids is 3. The van der Waals surface area contributed by atoms with E-state index >= 15 is 0 Å². The number of Topliss-reactive ketones (excluding diaryl/α,β-unsaturated/α-hetero) is 1. The van der Waals surface area contributed by atoms with Crippen LogP contribution < -0.4 is 5.32 Å². The molecular formula is C44H64N4O11. The Morgan fingerprint density at radius 2 is 1.81 bits per heavy atom. The Morgan fingerprint density at radius 1 is 1.10 bits per heavy atom. The van der Waals surface area contributed by atoms with E-state index in [-0.39, 0.29) is 50.7 Å². The fraction of sp³-hybridized carbons (Fsp3) is 0.659. The number of hydrogen-bond donors (Lipinski definition) is 3. The number of cyclic esters (lactones) is 1. The van der Waals surface area contributed by atoms with Gasteiger partial charge in [-0.2, -0.15) is 0 Å². The lowest BCUT2D eigenvalue weighted by Crippen LogP contribution is -2.59. The first-order valence-electron chi connectivity index (χ1n) is 20.6. The van der Waals surface area contributed by atoms with Crippen LogP contribution >= 0.6 is 0 Å². The van der Waals surface area contributed by atoms with Crippen LogP contribution in [0.4, 0.5) is 0 Å². The largest absolute Gasteiger partial charge is 0.459 e. The van der Waals surface area contributed by atoms with E-state index in [2.05, 4.69) is 15.5 Å². The second-order valence-electron chi connectivity index (χ2n) is 17.2. The second-order valence-corrected chi connectivity index (χ2v) is 17.2. The smallest absolute Gasteiger partial charge is 0.316 e. The number of pyridine rings is 1. The summed E-state index contributed by atoms with van der Waals surface area (Å²) >= 11 is 0. The van der Waals surface area contributed by atoms with Gasteiger partial charge in [0.25, 0.3) is 0 Å². The van der Waals surface area contributed by atoms with Crippen LogP contribution in [-0.2, 0) is 49.5 Å². The predicted octanol–water partition coefficient (Wildman–Crippen LogP) is 4.46. The van der Waals surface area contributed by atoms with Crippen molar-refractivity contribution in [2.45, 2.75) is 142 Å². The molecule has 59 heavy (non-hydrogen) atoms. The summed E-state index contributed by atoms with van der Waals surface area (Å²) in [4.78, 5) is 53.7. The van der Waals surface area contributed by atoms with E-state index in [1.807, 2.05) is 63.2 Å². The minimum Gasteiger partial charge on any atom is -0.459 e. The van der Waals surface area contributed by atoms with Gasteiger partial charge in [0.2, 0.25) is 5.91 Å². The number of benzene rings is 1. The second kappa shape index (κ2) is 19.3. The highest BCUT2D eigenvalue weighted by atomic mass is 16.7. The molecule has 1 amide bonds. The third-order valence-corrected chi connectivity index (χ3v) is 12.1. The summed E-state index contributed by atoms with van der Waals surface area (Å²) in [6.07, 6.45) is -3.44. The maximum absolute atomic E-state index is 14.5. The van der Waals surface area contributed by atoms with Crippen LogP contribution in [0, 0.1) is 17.8 Å². The highest BCUT2D eigenvalue weighted by Gasteiger charge is 2.52. The van der Waals surface area contributed by atoms with Crippen molar-refractivity contribution >= 4 is 34.1 Å². The SMILES string of the molecule is CC[C@H]1OC(=O)[C@H](C)C(=O)[C@H](C)[C@@H](O[C@@H]2O[C@H](C)C[C@H](N(C)C)[C@H]2O)[C@@]2(C)C[C@@H](C)C(NC(C)=O)=C(C)[C@@H](OCC(=NOCc3nccc4ccccc34)CO2)[C@]1(C)O. The number of hydrogen-bond acceptors (Lipinski definition) is 14. The molecule has 2 bridgehead atoms. The van der Waals surface area contributed by atoms with Crippen LogP contribution in [0.2, 0.25) is 0 Å². The molecule has 326 valence electrons. The Hall–Kier alpha value is -3.83. The first kappa shape index (κ1) is 46.2. The first-order chi connectivity index (χ1) is 27.8. The molecule has 0 unspecified atom stereocenters. The zero-order valence-electron chi connectivity index (χ0n) is 36.4. The van der Waals surface area contributed by atoms with Crippen molar-refractivity contribution < 1.29 is 53.1 Å². The number of rotatable bonds is 8. The van der Waals surface area contributed by atoms with Crippen molar-refractivity contribution in [3.8, 4) is 0 Å². The molecule has 15 heteroatoms. The van der Waals surface area contributed by atoms with Gasteiger partial charge in [-0.25, -0.2) is 0 Å². The number of ketones is 1. The summed E-state index contributed by atoms with van der Waals surface area (Å²) in [6, 6.07) is 9.40. The van der Waals surface area contributed by atoms with E-state index in [9.17, 15) is 24.6 Å². The van der Waals surface area contributed by atoms with Gasteiger partial charge in [0.1, 0.15) is 35.5 Å². The van der Waals surface area contributed by atoms with Crippen molar-refractivity contribution in [2.24, 2.45) is 22.9 Å². The summed E-state index contributed by atoms with van der Waals surface area (Å²) < 4.78 is 32.5. The molecule has 1 aromatic carbocycles. The van der Waals surface area contributed by atoms with Crippen LogP contribution in [0.15, 0.2) is 53.0 Å². The number of nitrogens with zero attached hydrogens (tertiary/aromatic N) is 3. The number of allylic oxidation sites excluding steroid dienone is 1. The van der Waals surface area contributed by atoms with Crippen molar-refractivity contribution in [2.75, 3.05) is 27.3 Å². The Labute approximate surface area is 347 Å². The first-order valence-corrected chi connectivity index (χ1v) is 20.6. The van der Waals surface area contributed by atoms with Crippen LogP contribution in [-0.4, -0.2) is 125 Å². The van der Waals surface area contributed by atoms with Crippen LogP contribution in [0.5, 0.6) is 0 Å². The molecule has 0 aliphatic carbocycles. The number of esters is 1. The molecule has 5 rings (SSSR count). The Balaban J connectivity index is 1.69. The number of fused-ring (bicyclic) bond motifs is 5. The zero-order valence-corrected chi connectivity index (χ0v) is 36.4. The van der Waals surface area contributed by atoms with Crippen molar-refractivity contribution in [3.05, 3.63) is 53.5 Å². The van der Waals surface area contributed by atoms with Gasteiger partial charge >= 0.3 is 5.97 Å². The average Bonchev–Trinajstić information content (AvgIpc) is 3.20. The standard InChI is InChI=1S/C44H64N4O11/c1-12-35-44(9,53)40-26(4)36(46-29(7)49)24(2)20-43(8,55-22-31(21-54-40)47-56-23-33-32-16-14-13-15-30(32)17-18-45-33)39(27(5)37(50)28(6)41(52)58-35)59-42-38(51)34(48(10)11)19-25(3)57-42/h13-18,24-25,27-28,34-35,38-40,42,51,53H,12,19-23H2,1-11H3,(H,46,49)/t24-,25-,27+,28-,34+,35-,38-,39-,40-,42+,43-,44-/m1/s1. The number of amides is 1. The maximum atomic E-state index is 14.5. The van der Waals surface area contributed by atoms with Gasteiger partial charge < -0.3 is 49.0 Å². The minimum atomic E-state index is -1.87. The van der Waals surface area contributed by atoms with Crippen LogP contribution in [0.25, 0.3) is 10.8 Å². The molecule has 0 saturated carbocycles. The average molecular weight is 825 g/mol. The molecule has 3 aliphatic rings. The fourth-order valence-corrected chi connectivity index (χ4v) is 8.92. The summed E-state index contributed by atoms with van der Waals surface area (Å²) in [6.45, 7) is 14.8. The van der Waals surface area contributed by atoms with Gasteiger partial charge in [-0.15, -0.1) is 0 Å². The number of likely N-dealkylation sites (N-methyl/N-ethyl adjacent to an activating group) is 1. The maximum Gasteiger partial charge on any atom is 0.316 e. The number of aliphatic hydroxyl groups is 2. The van der Waals surface area contributed by atoms with Gasteiger partial charge in [-0.1, -0.05) is 50.2 Å². The van der Waals surface area contributed by atoms with Gasteiger partial charge in [-0.05, 0) is 90.9 Å². The molecule has 0 spiro atoms. The molecule has 1 aromatic heterocycles. The van der Waals surface area contributed by atoms with Crippen LogP contribution in [0.3, 0.4) is 0 Å². The number of oxime groups is 1. The number of carbonyl (C=O) groups is 3. The van der Waals surface area contributed by atoms with Gasteiger partial charge in [0, 0.05) is 36.2 Å². The Bertz CT molecular complexity index is 1880. The number of nitrogens with one attached hydrogen (secondary N) is 1. The molecule has 0 radical (unpaired) electrons. The Kier molecular flexibility index (Phi) is 15.1. The quantitative estimate of drug-likeness (QED) is 0.193. The lowest BCUT2D eigenvalue weighted by atomic mass is 9.76. The summed E-state index contributed by atoms with van der Waals surface area (Å²) in [5.41, 5.74) is -1.36. The topological polar surface area (TPSA) is 188 Å². The predicted molar refractivity (Wildman–Crippen MR) is 220 cm³/mol. The van der Waals surface area contributed by atoms with E-state index in [0.29, 0.717) is 29.1 Å². The van der Waals surface area contributed by atoms with Gasteiger partial charge in [0.15, 0.2) is 18.7 Å². The van der Waals surface area contributed by atoms with E-state index in [1.54, 1.807) is 33.9 Å². The third kappa shape index (κ3) is 10.4. The van der Waals surface area contributed by atoms with E-state index in [1.165, 1.54) is 20.8 Å². The number of ether oxygens (including phenoxy) is 5. The number of aliphatic hydroxyl groups excluding tert-OH is 1. The van der Waals surface area contributed by atoms with Gasteiger partial charge in [-0.3, -0.25) is 19.4 Å². The molecule has 15 nitrogen and oxygen atoms in total. The summed E-state index contributed by atoms with van der Waals surface area (Å²) in [5, 5.41) is 33.5. The fourth-order valence-electron chi connectivity index (χ4n) is 8.92. The molecular weight excluding hydrogens is 761 g/mol. The van der Waals surface area contributed by atoms with Gasteiger partial charge in [0.05, 0.1) is 36.7 Å². The lowest BCUT2D eigenvalue weighted by molar-refractivity contribution is -0.296. The molecule has 12 atom stereocenters. The van der Waals surface area contributed by atoms with Crippen molar-refractivity contribution in [1.82, 2.24) is 15.2 Å². The molecule has 3 N–H and O–H groups in total. The van der Waals surface area contributed by atoms with E-state index < -0.39 is 71.4 Å². The molecule has 1 fully saturated rings. The third-order valence-electron chi connectivity index (χ3n) is 12.1. The van der Waals surface area contributed by atoms with Crippen molar-refractivity contribution in [3.63, 3.8) is 0 Å². The van der Waals surface area contributed by atoms with E-state index in [4.69, 9.17) is 28.5 Å². The Morgan fingerprint density at radius 3 is 2.49 bits per heavy atom. The lowest BCUT2D eigenvalue weighted by Gasteiger charge is -2.47. The van der Waals surface area contributed by atoms with E-state index in [0.717, 1.165) is 10.8 Å². The molecule has 1 saturated heterocycles. The molecule has 2 aromatic rings. The molecule has 4 heterocycles. The zero-order chi connectivity index (χ0) is 43.4. The highest BCUT2D eigenvalue weighted by molar-refractivity contribution is 6.00. The normalized spacial score (nSPS) is 36.1. The minimum absolute atomic E-state index is 0.0249. The summed E-state index contributed by atoms with van der Waals surface area (Å²) in [5.74, 6) is -4.46. The van der Waals surface area contributed by atoms with Crippen molar-refractivity contribution in [1.29, 1.82) is 0 Å².